The maximum Gasteiger partial charge on any atom is 0.290 e. The lowest BCUT2D eigenvalue weighted by atomic mass is 10.3. The first-order valence-corrected chi connectivity index (χ1v) is 2.49. The molecule has 0 saturated heterocycles. The van der Waals surface area contributed by atoms with Crippen LogP contribution in [0.15, 0.2) is 22.0 Å². The standard InChI is InChI=1S/C5H6N2O/c1-2-4-3-5(8)7-6-4/h3H,2H2,1H3. The normalized spacial score (nSPS) is 17.1. The molecule has 1 amide bonds. The van der Waals surface area contributed by atoms with E-state index in [1.165, 1.54) is 6.08 Å². The van der Waals surface area contributed by atoms with Gasteiger partial charge in [-0.15, -0.1) is 5.11 Å². The molecule has 0 radical (unpaired) electrons. The van der Waals surface area contributed by atoms with E-state index in [0.717, 1.165) is 12.1 Å². The minimum absolute atomic E-state index is 0.234. The van der Waals surface area contributed by atoms with Crippen LogP contribution in [-0.2, 0) is 4.79 Å². The van der Waals surface area contributed by atoms with Crippen LogP contribution in [0.2, 0.25) is 0 Å². The molecular formula is C5H6N2O. The zero-order valence-electron chi connectivity index (χ0n) is 4.59. The van der Waals surface area contributed by atoms with E-state index >= 15 is 0 Å². The summed E-state index contributed by atoms with van der Waals surface area (Å²) in [4.78, 5) is 10.3. The van der Waals surface area contributed by atoms with Gasteiger partial charge < -0.3 is 0 Å². The fourth-order valence-electron chi connectivity index (χ4n) is 0.487. The highest BCUT2D eigenvalue weighted by molar-refractivity contribution is 5.90. The van der Waals surface area contributed by atoms with Crippen molar-refractivity contribution in [1.82, 2.24) is 0 Å². The molecule has 1 aliphatic rings. The van der Waals surface area contributed by atoms with Crippen molar-refractivity contribution in [3.05, 3.63) is 11.8 Å². The highest BCUT2D eigenvalue weighted by atomic mass is 16.1. The summed E-state index contributed by atoms with van der Waals surface area (Å²) < 4.78 is 0. The van der Waals surface area contributed by atoms with Gasteiger partial charge in [0, 0.05) is 6.08 Å². The van der Waals surface area contributed by atoms with Crippen molar-refractivity contribution in [3.63, 3.8) is 0 Å². The van der Waals surface area contributed by atoms with Crippen LogP contribution < -0.4 is 0 Å². The number of carbonyl (C=O) groups excluding carboxylic acids is 1. The van der Waals surface area contributed by atoms with Gasteiger partial charge in [-0.25, -0.2) is 0 Å². The highest BCUT2D eigenvalue weighted by Gasteiger charge is 2.03. The number of azo groups is 1. The Labute approximate surface area is 47.1 Å². The van der Waals surface area contributed by atoms with E-state index in [1.54, 1.807) is 0 Å². The highest BCUT2D eigenvalue weighted by Crippen LogP contribution is 2.09. The molecule has 1 rings (SSSR count). The average Bonchev–Trinajstić information content (AvgIpc) is 2.14. The predicted octanol–water partition coefficient (Wildman–Crippen LogP) is 1.27. The smallest absolute Gasteiger partial charge is 0.266 e. The van der Waals surface area contributed by atoms with E-state index in [2.05, 4.69) is 10.2 Å². The van der Waals surface area contributed by atoms with Gasteiger partial charge in [0.2, 0.25) is 0 Å². The fourth-order valence-corrected chi connectivity index (χ4v) is 0.487. The number of allylic oxidation sites excluding steroid dienone is 1. The molecule has 0 saturated carbocycles. The molecule has 0 fully saturated rings. The molecule has 0 aromatic heterocycles. The molecule has 0 spiro atoms. The summed E-state index contributed by atoms with van der Waals surface area (Å²) in [5.41, 5.74) is 0.773. The summed E-state index contributed by atoms with van der Waals surface area (Å²) in [6.45, 7) is 1.93. The van der Waals surface area contributed by atoms with Crippen LogP contribution >= 0.6 is 0 Å². The van der Waals surface area contributed by atoms with Gasteiger partial charge in [-0.05, 0) is 6.42 Å². The van der Waals surface area contributed by atoms with Crippen LogP contribution in [0.4, 0.5) is 0 Å². The van der Waals surface area contributed by atoms with Gasteiger partial charge in [0.25, 0.3) is 5.91 Å². The SMILES string of the molecule is CCC1=CC(=O)N=N1. The van der Waals surface area contributed by atoms with Gasteiger partial charge in [-0.3, -0.25) is 4.79 Å². The third kappa shape index (κ3) is 0.804. The maximum atomic E-state index is 10.3. The van der Waals surface area contributed by atoms with E-state index in [1.807, 2.05) is 6.92 Å². The Kier molecular flexibility index (Phi) is 1.20. The molecule has 0 aliphatic carbocycles. The van der Waals surface area contributed by atoms with E-state index < -0.39 is 0 Å². The Morgan fingerprint density at radius 2 is 2.38 bits per heavy atom. The van der Waals surface area contributed by atoms with Crippen LogP contribution in [0.1, 0.15) is 13.3 Å². The van der Waals surface area contributed by atoms with Crippen LogP contribution in [0.3, 0.4) is 0 Å². The number of hydrogen-bond donors (Lipinski definition) is 0. The molecule has 42 valence electrons. The number of carbonyl (C=O) groups is 1. The molecule has 3 heteroatoms. The second kappa shape index (κ2) is 1.86. The largest absolute Gasteiger partial charge is 0.290 e. The summed E-state index contributed by atoms with van der Waals surface area (Å²) in [5, 5.41) is 6.85. The Balaban J connectivity index is 2.72. The lowest BCUT2D eigenvalue weighted by Crippen LogP contribution is -1.77. The summed E-state index contributed by atoms with van der Waals surface area (Å²) >= 11 is 0. The van der Waals surface area contributed by atoms with Crippen LogP contribution in [0.5, 0.6) is 0 Å². The van der Waals surface area contributed by atoms with Gasteiger partial charge >= 0.3 is 0 Å². The Morgan fingerprint density at radius 1 is 1.62 bits per heavy atom. The van der Waals surface area contributed by atoms with Crippen LogP contribution in [0.25, 0.3) is 0 Å². The minimum Gasteiger partial charge on any atom is -0.266 e. The summed E-state index contributed by atoms with van der Waals surface area (Å²) in [6, 6.07) is 0. The van der Waals surface area contributed by atoms with E-state index in [0.29, 0.717) is 0 Å². The van der Waals surface area contributed by atoms with Gasteiger partial charge in [0.1, 0.15) is 0 Å². The Bertz CT molecular complexity index is 169. The Morgan fingerprint density at radius 3 is 2.62 bits per heavy atom. The second-order valence-electron chi connectivity index (χ2n) is 1.53. The first kappa shape index (κ1) is 5.15. The number of hydrogen-bond acceptors (Lipinski definition) is 2. The zero-order valence-corrected chi connectivity index (χ0v) is 4.59. The van der Waals surface area contributed by atoms with Crippen molar-refractivity contribution in [1.29, 1.82) is 0 Å². The molecular weight excluding hydrogens is 104 g/mol. The van der Waals surface area contributed by atoms with Crippen LogP contribution in [0, 0.1) is 0 Å². The monoisotopic (exact) mass is 110 g/mol. The van der Waals surface area contributed by atoms with E-state index in [9.17, 15) is 4.79 Å². The Hall–Kier alpha value is -0.990. The molecule has 3 nitrogen and oxygen atoms in total. The van der Waals surface area contributed by atoms with Crippen molar-refractivity contribution in [3.8, 4) is 0 Å². The maximum absolute atomic E-state index is 10.3. The van der Waals surface area contributed by atoms with E-state index in [4.69, 9.17) is 0 Å². The molecule has 0 aromatic rings. The summed E-state index contributed by atoms with van der Waals surface area (Å²) in [6.07, 6.45) is 2.23. The number of amides is 1. The quantitative estimate of drug-likeness (QED) is 0.501. The molecule has 0 bridgehead atoms. The van der Waals surface area contributed by atoms with Crippen molar-refractivity contribution in [2.45, 2.75) is 13.3 Å². The van der Waals surface area contributed by atoms with Crippen molar-refractivity contribution in [2.75, 3.05) is 0 Å². The van der Waals surface area contributed by atoms with Crippen LogP contribution in [-0.4, -0.2) is 5.91 Å². The molecule has 0 aromatic carbocycles. The molecule has 1 heterocycles. The molecule has 8 heavy (non-hydrogen) atoms. The second-order valence-corrected chi connectivity index (χ2v) is 1.53. The number of rotatable bonds is 1. The zero-order chi connectivity index (χ0) is 5.98. The van der Waals surface area contributed by atoms with Gasteiger partial charge in [-0.1, -0.05) is 6.92 Å². The average molecular weight is 110 g/mol. The van der Waals surface area contributed by atoms with Crippen molar-refractivity contribution in [2.24, 2.45) is 10.2 Å². The van der Waals surface area contributed by atoms with Crippen molar-refractivity contribution < 1.29 is 4.79 Å². The summed E-state index contributed by atoms with van der Waals surface area (Å²) in [7, 11) is 0. The fraction of sp³-hybridized carbons (Fsp3) is 0.400. The predicted molar refractivity (Wildman–Crippen MR) is 28.2 cm³/mol. The van der Waals surface area contributed by atoms with Crippen molar-refractivity contribution >= 4 is 5.91 Å². The third-order valence-corrected chi connectivity index (χ3v) is 0.929. The first-order valence-electron chi connectivity index (χ1n) is 2.49. The van der Waals surface area contributed by atoms with Gasteiger partial charge in [-0.2, -0.15) is 5.11 Å². The van der Waals surface area contributed by atoms with E-state index in [-0.39, 0.29) is 5.91 Å². The molecule has 1 aliphatic heterocycles. The lowest BCUT2D eigenvalue weighted by molar-refractivity contribution is -0.113. The summed E-state index contributed by atoms with van der Waals surface area (Å²) in [5.74, 6) is -0.234. The molecule has 0 atom stereocenters. The molecule has 0 unspecified atom stereocenters. The topological polar surface area (TPSA) is 41.8 Å². The third-order valence-electron chi connectivity index (χ3n) is 0.929. The number of nitrogens with zero attached hydrogens (tertiary/aromatic N) is 2. The lowest BCUT2D eigenvalue weighted by Gasteiger charge is -1.79. The molecule has 0 N–H and O–H groups in total. The van der Waals surface area contributed by atoms with Gasteiger partial charge in [0.05, 0.1) is 5.70 Å². The minimum atomic E-state index is -0.234. The first-order chi connectivity index (χ1) is 3.83. The van der Waals surface area contributed by atoms with Gasteiger partial charge in [0.15, 0.2) is 0 Å².